The average molecular weight is 320 g/mol. The van der Waals surface area contributed by atoms with Gasteiger partial charge < -0.3 is 5.11 Å². The summed E-state index contributed by atoms with van der Waals surface area (Å²) in [5.74, 6) is -3.35. The highest BCUT2D eigenvalue weighted by Crippen LogP contribution is 2.22. The highest BCUT2D eigenvalue weighted by Gasteiger charge is 2.31. The normalized spacial score (nSPS) is 17.6. The second-order valence-corrected chi connectivity index (χ2v) is 6.41. The molecule has 1 aliphatic heterocycles. The number of halogens is 2. The van der Waals surface area contributed by atoms with E-state index in [1.165, 1.54) is 0 Å². The first kappa shape index (κ1) is 15.6. The van der Waals surface area contributed by atoms with Gasteiger partial charge in [-0.1, -0.05) is 0 Å². The molecule has 0 unspecified atom stereocenters. The number of hydrogen-bond donors (Lipinski definition) is 2. The lowest BCUT2D eigenvalue weighted by atomic mass is 9.99. The minimum Gasteiger partial charge on any atom is -0.481 e. The molecule has 0 radical (unpaired) electrons. The lowest BCUT2D eigenvalue weighted by molar-refractivity contribution is -0.142. The molecule has 6 nitrogen and oxygen atoms in total. The zero-order valence-electron chi connectivity index (χ0n) is 10.9. The van der Waals surface area contributed by atoms with Crippen LogP contribution in [0.1, 0.15) is 12.8 Å². The second-order valence-electron chi connectivity index (χ2n) is 4.74. The first-order valence-corrected chi connectivity index (χ1v) is 7.69. The molecule has 1 aliphatic rings. The van der Waals surface area contributed by atoms with Gasteiger partial charge in [0, 0.05) is 19.2 Å². The number of nitrogens with zero attached hydrogens (tertiary/aromatic N) is 1. The molecule has 0 aliphatic carbocycles. The molecular formula is C12H14F2N2O4S. The second kappa shape index (κ2) is 5.94. The van der Waals surface area contributed by atoms with Crippen molar-refractivity contribution in [1.29, 1.82) is 0 Å². The Labute approximate surface area is 120 Å². The van der Waals surface area contributed by atoms with Crippen molar-refractivity contribution in [3.05, 3.63) is 29.8 Å². The molecule has 1 heterocycles. The van der Waals surface area contributed by atoms with Gasteiger partial charge in [0.2, 0.25) is 0 Å². The number of carboxylic acids is 1. The molecule has 2 N–H and O–H groups in total. The largest absolute Gasteiger partial charge is 0.481 e. The third-order valence-electron chi connectivity index (χ3n) is 3.31. The van der Waals surface area contributed by atoms with Crippen molar-refractivity contribution < 1.29 is 27.1 Å². The van der Waals surface area contributed by atoms with Crippen LogP contribution in [-0.4, -0.2) is 36.9 Å². The van der Waals surface area contributed by atoms with E-state index in [0.717, 1.165) is 16.4 Å². The fourth-order valence-corrected chi connectivity index (χ4v) is 3.38. The van der Waals surface area contributed by atoms with Gasteiger partial charge in [-0.2, -0.15) is 12.7 Å². The quantitative estimate of drug-likeness (QED) is 0.878. The van der Waals surface area contributed by atoms with Crippen LogP contribution in [0.3, 0.4) is 0 Å². The predicted molar refractivity (Wildman–Crippen MR) is 70.8 cm³/mol. The molecule has 0 bridgehead atoms. The number of piperidine rings is 1. The van der Waals surface area contributed by atoms with E-state index < -0.39 is 33.7 Å². The Morgan fingerprint density at radius 1 is 1.29 bits per heavy atom. The highest BCUT2D eigenvalue weighted by atomic mass is 32.2. The summed E-state index contributed by atoms with van der Waals surface area (Å²) in [6.07, 6.45) is 0.393. The van der Waals surface area contributed by atoms with E-state index in [2.05, 4.69) is 0 Å². The predicted octanol–water partition coefficient (Wildman–Crippen LogP) is 1.42. The third kappa shape index (κ3) is 3.67. The summed E-state index contributed by atoms with van der Waals surface area (Å²) in [4.78, 5) is 10.8. The Morgan fingerprint density at radius 2 is 1.90 bits per heavy atom. The van der Waals surface area contributed by atoms with Crippen LogP contribution in [0.25, 0.3) is 0 Å². The Kier molecular flexibility index (Phi) is 4.43. The average Bonchev–Trinajstić information content (AvgIpc) is 2.42. The zero-order chi connectivity index (χ0) is 15.6. The molecule has 2 rings (SSSR count). The Hall–Kier alpha value is -1.74. The lowest BCUT2D eigenvalue weighted by Gasteiger charge is -2.29. The summed E-state index contributed by atoms with van der Waals surface area (Å²) >= 11 is 0. The van der Waals surface area contributed by atoms with Gasteiger partial charge in [-0.15, -0.1) is 0 Å². The van der Waals surface area contributed by atoms with Crippen LogP contribution >= 0.6 is 0 Å². The van der Waals surface area contributed by atoms with Gasteiger partial charge in [0.05, 0.1) is 11.6 Å². The van der Waals surface area contributed by atoms with Crippen LogP contribution in [0.5, 0.6) is 0 Å². The molecule has 1 aromatic rings. The minimum atomic E-state index is -3.99. The smallest absolute Gasteiger partial charge is 0.306 e. The van der Waals surface area contributed by atoms with Crippen LogP contribution in [0.15, 0.2) is 18.2 Å². The van der Waals surface area contributed by atoms with Gasteiger partial charge in [-0.05, 0) is 25.0 Å². The number of aliphatic carboxylic acids is 1. The van der Waals surface area contributed by atoms with E-state index in [1.807, 2.05) is 4.72 Å². The maximum absolute atomic E-state index is 13.5. The zero-order valence-corrected chi connectivity index (χ0v) is 11.7. The van der Waals surface area contributed by atoms with Crippen LogP contribution in [0, 0.1) is 17.6 Å². The van der Waals surface area contributed by atoms with E-state index >= 15 is 0 Å². The van der Waals surface area contributed by atoms with E-state index in [1.54, 1.807) is 0 Å². The monoisotopic (exact) mass is 320 g/mol. The number of rotatable bonds is 4. The van der Waals surface area contributed by atoms with Crippen molar-refractivity contribution in [3.63, 3.8) is 0 Å². The van der Waals surface area contributed by atoms with Gasteiger partial charge in [0.1, 0.15) is 11.6 Å². The van der Waals surface area contributed by atoms with Crippen LogP contribution in [0.4, 0.5) is 14.5 Å². The maximum Gasteiger partial charge on any atom is 0.306 e. The van der Waals surface area contributed by atoms with Gasteiger partial charge in [0.15, 0.2) is 0 Å². The summed E-state index contributed by atoms with van der Waals surface area (Å²) in [7, 11) is -3.99. The molecule has 9 heteroatoms. The number of nitrogens with one attached hydrogen (secondary N) is 1. The molecule has 21 heavy (non-hydrogen) atoms. The summed E-state index contributed by atoms with van der Waals surface area (Å²) in [5.41, 5.74) is -0.350. The van der Waals surface area contributed by atoms with Crippen molar-refractivity contribution in [3.8, 4) is 0 Å². The van der Waals surface area contributed by atoms with Crippen molar-refractivity contribution in [2.45, 2.75) is 12.8 Å². The first-order valence-electron chi connectivity index (χ1n) is 6.25. The number of carboxylic acid groups (broad SMARTS) is 1. The van der Waals surface area contributed by atoms with E-state index in [-0.39, 0.29) is 31.6 Å². The molecular weight excluding hydrogens is 306 g/mol. The highest BCUT2D eigenvalue weighted by molar-refractivity contribution is 7.90. The topological polar surface area (TPSA) is 86.7 Å². The molecule has 0 atom stereocenters. The van der Waals surface area contributed by atoms with Crippen LogP contribution < -0.4 is 4.72 Å². The summed E-state index contributed by atoms with van der Waals surface area (Å²) in [6, 6.07) is 2.51. The fourth-order valence-electron chi connectivity index (χ4n) is 2.12. The molecule has 1 fully saturated rings. The van der Waals surface area contributed by atoms with Gasteiger partial charge in [0.25, 0.3) is 0 Å². The van der Waals surface area contributed by atoms with Crippen molar-refractivity contribution >= 4 is 21.9 Å². The molecule has 1 saturated heterocycles. The van der Waals surface area contributed by atoms with E-state index in [0.29, 0.717) is 6.07 Å². The first-order chi connectivity index (χ1) is 9.79. The fraction of sp³-hybridized carbons (Fsp3) is 0.417. The van der Waals surface area contributed by atoms with Crippen molar-refractivity contribution in [2.75, 3.05) is 17.8 Å². The van der Waals surface area contributed by atoms with Gasteiger partial charge in [-0.3, -0.25) is 9.52 Å². The lowest BCUT2D eigenvalue weighted by Crippen LogP contribution is -2.43. The number of hydrogen-bond acceptors (Lipinski definition) is 3. The summed E-state index contributed by atoms with van der Waals surface area (Å²) < 4.78 is 53.5. The molecule has 0 amide bonds. The number of benzene rings is 1. The summed E-state index contributed by atoms with van der Waals surface area (Å²) in [5, 5.41) is 8.86. The van der Waals surface area contributed by atoms with Crippen LogP contribution in [-0.2, 0) is 15.0 Å². The van der Waals surface area contributed by atoms with Gasteiger partial charge in [-0.25, -0.2) is 8.78 Å². The molecule has 116 valence electrons. The Morgan fingerprint density at radius 3 is 2.43 bits per heavy atom. The van der Waals surface area contributed by atoms with Crippen molar-refractivity contribution in [2.24, 2.45) is 5.92 Å². The standard InChI is InChI=1S/C12H14F2N2O4S/c13-9-1-2-11(10(14)7-9)15-21(19,20)16-5-3-8(4-6-16)12(17)18/h1-2,7-8,15H,3-6H2,(H,17,18). The Bertz CT molecular complexity index is 643. The molecule has 1 aromatic carbocycles. The van der Waals surface area contributed by atoms with E-state index in [9.17, 15) is 22.0 Å². The summed E-state index contributed by atoms with van der Waals surface area (Å²) in [6.45, 7) is 0.0736. The number of carbonyl (C=O) groups is 1. The third-order valence-corrected chi connectivity index (χ3v) is 4.84. The van der Waals surface area contributed by atoms with Crippen molar-refractivity contribution in [1.82, 2.24) is 4.31 Å². The Balaban J connectivity index is 2.07. The molecule has 0 saturated carbocycles. The van der Waals surface area contributed by atoms with Crippen LogP contribution in [0.2, 0.25) is 0 Å². The minimum absolute atomic E-state index is 0.0368. The maximum atomic E-state index is 13.5. The number of anilines is 1. The molecule has 0 spiro atoms. The van der Waals surface area contributed by atoms with E-state index in [4.69, 9.17) is 5.11 Å². The SMILES string of the molecule is O=C(O)C1CCN(S(=O)(=O)Nc2ccc(F)cc2F)CC1. The molecule has 0 aromatic heterocycles. The van der Waals surface area contributed by atoms with Gasteiger partial charge >= 0.3 is 16.2 Å².